The summed E-state index contributed by atoms with van der Waals surface area (Å²) < 4.78 is 5.63. The van der Waals surface area contributed by atoms with Gasteiger partial charge in [-0.25, -0.2) is 0 Å². The summed E-state index contributed by atoms with van der Waals surface area (Å²) in [7, 11) is 0. The molecule has 3 heteroatoms. The van der Waals surface area contributed by atoms with Gasteiger partial charge in [-0.05, 0) is 37.2 Å². The first-order chi connectivity index (χ1) is 11.3. The zero-order chi connectivity index (χ0) is 16.3. The van der Waals surface area contributed by atoms with Gasteiger partial charge in [0.2, 0.25) is 5.91 Å². The number of carbonyl (C=O) groups is 1. The van der Waals surface area contributed by atoms with Crippen LogP contribution in [0.15, 0.2) is 30.3 Å². The van der Waals surface area contributed by atoms with Gasteiger partial charge in [0.15, 0.2) is 0 Å². The SMILES string of the molecule is CCCCC1CCCC1NC(=O)CCCOCc1ccccc1. The third-order valence-electron chi connectivity index (χ3n) is 4.74. The van der Waals surface area contributed by atoms with Gasteiger partial charge in [0.25, 0.3) is 0 Å². The van der Waals surface area contributed by atoms with E-state index in [4.69, 9.17) is 4.74 Å². The molecule has 1 N–H and O–H groups in total. The van der Waals surface area contributed by atoms with E-state index in [1.807, 2.05) is 18.2 Å². The first kappa shape index (κ1) is 18.0. The summed E-state index contributed by atoms with van der Waals surface area (Å²) in [5, 5.41) is 3.25. The number of hydrogen-bond acceptors (Lipinski definition) is 2. The largest absolute Gasteiger partial charge is 0.377 e. The Balaban J connectivity index is 1.56. The van der Waals surface area contributed by atoms with Crippen molar-refractivity contribution in [1.82, 2.24) is 5.32 Å². The fraction of sp³-hybridized carbons (Fsp3) is 0.650. The van der Waals surface area contributed by atoms with Crippen molar-refractivity contribution in [3.8, 4) is 0 Å². The number of unbranched alkanes of at least 4 members (excludes halogenated alkanes) is 1. The molecule has 2 atom stereocenters. The van der Waals surface area contributed by atoms with Crippen LogP contribution in [0.25, 0.3) is 0 Å². The fourth-order valence-electron chi connectivity index (χ4n) is 3.42. The molecule has 0 spiro atoms. The number of rotatable bonds is 10. The molecule has 3 nitrogen and oxygen atoms in total. The summed E-state index contributed by atoms with van der Waals surface area (Å²) in [5.74, 6) is 0.898. The molecule has 128 valence electrons. The molecule has 2 rings (SSSR count). The van der Waals surface area contributed by atoms with Gasteiger partial charge in [-0.1, -0.05) is 56.5 Å². The molecule has 0 aromatic heterocycles. The summed E-state index contributed by atoms with van der Waals surface area (Å²) in [6.45, 7) is 3.51. The Morgan fingerprint density at radius 1 is 1.22 bits per heavy atom. The van der Waals surface area contributed by atoms with Crippen LogP contribution in [0.3, 0.4) is 0 Å². The molecular weight excluding hydrogens is 286 g/mol. The quantitative estimate of drug-likeness (QED) is 0.647. The van der Waals surface area contributed by atoms with Crippen LogP contribution in [-0.2, 0) is 16.1 Å². The second-order valence-corrected chi connectivity index (χ2v) is 6.65. The highest BCUT2D eigenvalue weighted by Gasteiger charge is 2.27. The van der Waals surface area contributed by atoms with Gasteiger partial charge < -0.3 is 10.1 Å². The van der Waals surface area contributed by atoms with Crippen LogP contribution in [0.4, 0.5) is 0 Å². The third kappa shape index (κ3) is 6.74. The summed E-state index contributed by atoms with van der Waals surface area (Å²) in [6.07, 6.45) is 8.87. The Morgan fingerprint density at radius 2 is 2.04 bits per heavy atom. The molecule has 0 heterocycles. The molecule has 1 aliphatic rings. The molecule has 1 saturated carbocycles. The average molecular weight is 317 g/mol. The maximum Gasteiger partial charge on any atom is 0.220 e. The Hall–Kier alpha value is -1.35. The van der Waals surface area contributed by atoms with E-state index in [0.717, 1.165) is 12.8 Å². The molecule has 1 amide bonds. The van der Waals surface area contributed by atoms with E-state index in [2.05, 4.69) is 24.4 Å². The van der Waals surface area contributed by atoms with Crippen LogP contribution in [0, 0.1) is 5.92 Å². The number of benzene rings is 1. The van der Waals surface area contributed by atoms with Crippen LogP contribution in [0.2, 0.25) is 0 Å². The van der Waals surface area contributed by atoms with Crippen molar-refractivity contribution in [2.24, 2.45) is 5.92 Å². The van der Waals surface area contributed by atoms with Crippen molar-refractivity contribution >= 4 is 5.91 Å². The summed E-state index contributed by atoms with van der Waals surface area (Å²) in [6, 6.07) is 10.6. The van der Waals surface area contributed by atoms with E-state index in [-0.39, 0.29) is 5.91 Å². The highest BCUT2D eigenvalue weighted by molar-refractivity contribution is 5.76. The van der Waals surface area contributed by atoms with Crippen molar-refractivity contribution in [2.45, 2.75) is 70.9 Å². The second-order valence-electron chi connectivity index (χ2n) is 6.65. The highest BCUT2D eigenvalue weighted by Crippen LogP contribution is 2.29. The summed E-state index contributed by atoms with van der Waals surface area (Å²) in [5.41, 5.74) is 1.18. The van der Waals surface area contributed by atoms with Gasteiger partial charge in [-0.3, -0.25) is 4.79 Å². The predicted octanol–water partition coefficient (Wildman–Crippen LogP) is 4.46. The number of amides is 1. The number of nitrogens with one attached hydrogen (secondary N) is 1. The smallest absolute Gasteiger partial charge is 0.220 e. The van der Waals surface area contributed by atoms with Crippen LogP contribution >= 0.6 is 0 Å². The van der Waals surface area contributed by atoms with Crippen LogP contribution in [0.5, 0.6) is 0 Å². The lowest BCUT2D eigenvalue weighted by molar-refractivity contribution is -0.122. The Morgan fingerprint density at radius 3 is 2.83 bits per heavy atom. The first-order valence-electron chi connectivity index (χ1n) is 9.20. The Kier molecular flexibility index (Phi) is 8.16. The topological polar surface area (TPSA) is 38.3 Å². The van der Waals surface area contributed by atoms with Gasteiger partial charge in [0.05, 0.1) is 6.61 Å². The van der Waals surface area contributed by atoms with E-state index >= 15 is 0 Å². The molecule has 1 aromatic rings. The molecule has 1 aliphatic carbocycles. The van der Waals surface area contributed by atoms with Gasteiger partial charge in [0.1, 0.15) is 0 Å². The van der Waals surface area contributed by atoms with E-state index in [0.29, 0.717) is 31.6 Å². The van der Waals surface area contributed by atoms with Crippen molar-refractivity contribution in [1.29, 1.82) is 0 Å². The molecule has 1 fully saturated rings. The standard InChI is InChI=1S/C20H31NO2/c1-2-3-11-18-12-7-13-19(18)21-20(22)14-8-15-23-16-17-9-5-4-6-10-17/h4-6,9-10,18-19H,2-3,7-8,11-16H2,1H3,(H,21,22). The van der Waals surface area contributed by atoms with Gasteiger partial charge in [0, 0.05) is 19.1 Å². The summed E-state index contributed by atoms with van der Waals surface area (Å²) >= 11 is 0. The molecule has 0 saturated heterocycles. The molecule has 0 radical (unpaired) electrons. The molecule has 23 heavy (non-hydrogen) atoms. The van der Waals surface area contributed by atoms with E-state index in [1.165, 1.54) is 37.7 Å². The molecule has 2 unspecified atom stereocenters. The number of ether oxygens (including phenoxy) is 1. The lowest BCUT2D eigenvalue weighted by atomic mass is 9.96. The fourth-order valence-corrected chi connectivity index (χ4v) is 3.42. The highest BCUT2D eigenvalue weighted by atomic mass is 16.5. The maximum atomic E-state index is 12.1. The normalized spacial score (nSPS) is 20.6. The van der Waals surface area contributed by atoms with E-state index < -0.39 is 0 Å². The monoisotopic (exact) mass is 317 g/mol. The molecule has 0 bridgehead atoms. The van der Waals surface area contributed by atoms with Crippen molar-refractivity contribution in [3.05, 3.63) is 35.9 Å². The van der Waals surface area contributed by atoms with Crippen molar-refractivity contribution in [2.75, 3.05) is 6.61 Å². The molecule has 0 aliphatic heterocycles. The Bertz CT molecular complexity index is 446. The lowest BCUT2D eigenvalue weighted by Gasteiger charge is -2.20. The van der Waals surface area contributed by atoms with Crippen LogP contribution in [0.1, 0.15) is 63.9 Å². The van der Waals surface area contributed by atoms with E-state index in [9.17, 15) is 4.79 Å². The molecular formula is C20H31NO2. The predicted molar refractivity (Wildman–Crippen MR) is 94.1 cm³/mol. The zero-order valence-electron chi connectivity index (χ0n) is 14.4. The van der Waals surface area contributed by atoms with E-state index in [1.54, 1.807) is 0 Å². The van der Waals surface area contributed by atoms with Crippen molar-refractivity contribution < 1.29 is 9.53 Å². The van der Waals surface area contributed by atoms with Crippen LogP contribution in [-0.4, -0.2) is 18.6 Å². The minimum Gasteiger partial charge on any atom is -0.377 e. The molecule has 1 aromatic carbocycles. The number of hydrogen-bond donors (Lipinski definition) is 1. The zero-order valence-corrected chi connectivity index (χ0v) is 14.4. The van der Waals surface area contributed by atoms with Gasteiger partial charge in [-0.2, -0.15) is 0 Å². The first-order valence-corrected chi connectivity index (χ1v) is 9.20. The summed E-state index contributed by atoms with van der Waals surface area (Å²) in [4.78, 5) is 12.1. The van der Waals surface area contributed by atoms with Crippen LogP contribution < -0.4 is 5.32 Å². The van der Waals surface area contributed by atoms with Gasteiger partial charge >= 0.3 is 0 Å². The number of carbonyl (C=O) groups excluding carboxylic acids is 1. The lowest BCUT2D eigenvalue weighted by Crippen LogP contribution is -2.37. The maximum absolute atomic E-state index is 12.1. The minimum atomic E-state index is 0.196. The average Bonchev–Trinajstić information content (AvgIpc) is 3.00. The minimum absolute atomic E-state index is 0.196. The Labute approximate surface area is 140 Å². The van der Waals surface area contributed by atoms with Crippen molar-refractivity contribution in [3.63, 3.8) is 0 Å². The third-order valence-corrected chi connectivity index (χ3v) is 4.74. The second kappa shape index (κ2) is 10.4. The van der Waals surface area contributed by atoms with Gasteiger partial charge in [-0.15, -0.1) is 0 Å².